The first-order valence-corrected chi connectivity index (χ1v) is 6.49. The molecule has 0 aromatic rings. The van der Waals surface area contributed by atoms with Crippen molar-refractivity contribution in [3.05, 3.63) is 0 Å². The van der Waals surface area contributed by atoms with E-state index < -0.39 is 30.4 Å². The Labute approximate surface area is 112 Å². The zero-order valence-corrected chi connectivity index (χ0v) is 11.6. The van der Waals surface area contributed by atoms with E-state index in [0.29, 0.717) is 6.61 Å². The van der Waals surface area contributed by atoms with E-state index in [1.807, 2.05) is 0 Å². The monoisotopic (exact) mass is 356 g/mol. The Bertz CT molecular complexity index is 317. The number of carbonyl (C=O) groups is 2. The second kappa shape index (κ2) is 5.07. The second-order valence-corrected chi connectivity index (χ2v) is 5.41. The lowest BCUT2D eigenvalue weighted by Gasteiger charge is -2.37. The molecule has 5 atom stereocenters. The molecule has 2 fully saturated rings. The van der Waals surface area contributed by atoms with E-state index in [2.05, 4.69) is 22.6 Å². The third-order valence-corrected chi connectivity index (χ3v) is 3.90. The molecule has 2 aliphatic rings. The average Bonchev–Trinajstić information content (AvgIpc) is 2.65. The molecule has 6 nitrogen and oxygen atoms in total. The van der Waals surface area contributed by atoms with Crippen molar-refractivity contribution in [2.45, 2.75) is 42.4 Å². The molecule has 2 bridgehead atoms. The van der Waals surface area contributed by atoms with Gasteiger partial charge in [0.1, 0.15) is 10.0 Å². The van der Waals surface area contributed by atoms with Gasteiger partial charge in [0.05, 0.1) is 6.61 Å². The number of rotatable bonds is 2. The van der Waals surface area contributed by atoms with Crippen LogP contribution in [-0.4, -0.2) is 47.1 Å². The molecule has 0 amide bonds. The van der Waals surface area contributed by atoms with Crippen molar-refractivity contribution in [2.24, 2.45) is 0 Å². The Kier molecular flexibility index (Phi) is 3.88. The first-order chi connectivity index (χ1) is 7.99. The van der Waals surface area contributed by atoms with E-state index in [4.69, 9.17) is 18.9 Å². The molecular formula is C10H13IO6. The summed E-state index contributed by atoms with van der Waals surface area (Å²) in [5, 5.41) is 0. The highest BCUT2D eigenvalue weighted by molar-refractivity contribution is 14.1. The second-order valence-electron chi connectivity index (χ2n) is 3.97. The predicted octanol–water partition coefficient (Wildman–Crippen LogP) is 0.408. The lowest BCUT2D eigenvalue weighted by Crippen LogP contribution is -2.54. The number of hydrogen-bond donors (Lipinski definition) is 0. The summed E-state index contributed by atoms with van der Waals surface area (Å²) in [4.78, 5) is 22.1. The maximum Gasteiger partial charge on any atom is 0.303 e. The van der Waals surface area contributed by atoms with Gasteiger partial charge in [-0.25, -0.2) is 0 Å². The van der Waals surface area contributed by atoms with Gasteiger partial charge < -0.3 is 18.9 Å². The zero-order chi connectivity index (χ0) is 12.6. The standard InChI is InChI=1S/C10H13IO6/c1-4(12)15-8-6-3-14-10(17-6)7(11)9(8)16-5(2)13/h6-10H,3H2,1-2H3/t6-,7-,8-,9-,10-/m1/s1. The third kappa shape index (κ3) is 2.71. The molecule has 96 valence electrons. The van der Waals surface area contributed by atoms with Gasteiger partial charge in [0.15, 0.2) is 18.5 Å². The molecule has 7 heteroatoms. The smallest absolute Gasteiger partial charge is 0.303 e. The van der Waals surface area contributed by atoms with Gasteiger partial charge in [0.25, 0.3) is 0 Å². The molecule has 0 aromatic heterocycles. The Morgan fingerprint density at radius 3 is 2.35 bits per heavy atom. The number of fused-ring (bicyclic) bond motifs is 2. The van der Waals surface area contributed by atoms with E-state index in [-0.39, 0.29) is 10.0 Å². The maximum atomic E-state index is 11.1. The van der Waals surface area contributed by atoms with Crippen LogP contribution in [0.1, 0.15) is 13.8 Å². The number of hydrogen-bond acceptors (Lipinski definition) is 6. The normalized spacial score (nSPS) is 39.8. The van der Waals surface area contributed by atoms with Crippen molar-refractivity contribution >= 4 is 34.5 Å². The van der Waals surface area contributed by atoms with Crippen molar-refractivity contribution in [1.29, 1.82) is 0 Å². The first-order valence-electron chi connectivity index (χ1n) is 5.24. The first kappa shape index (κ1) is 13.0. The van der Waals surface area contributed by atoms with E-state index in [1.165, 1.54) is 13.8 Å². The van der Waals surface area contributed by atoms with Crippen LogP contribution in [0.5, 0.6) is 0 Å². The third-order valence-electron chi connectivity index (χ3n) is 2.60. The van der Waals surface area contributed by atoms with Gasteiger partial charge in [0.2, 0.25) is 0 Å². The van der Waals surface area contributed by atoms with Gasteiger partial charge in [-0.3, -0.25) is 9.59 Å². The lowest BCUT2D eigenvalue weighted by molar-refractivity contribution is -0.198. The number of ether oxygens (including phenoxy) is 4. The van der Waals surface area contributed by atoms with Gasteiger partial charge in [0, 0.05) is 13.8 Å². The maximum absolute atomic E-state index is 11.1. The van der Waals surface area contributed by atoms with Crippen molar-refractivity contribution in [3.8, 4) is 0 Å². The van der Waals surface area contributed by atoms with Gasteiger partial charge in [-0.05, 0) is 0 Å². The molecule has 0 radical (unpaired) electrons. The van der Waals surface area contributed by atoms with Crippen LogP contribution in [0.15, 0.2) is 0 Å². The van der Waals surface area contributed by atoms with E-state index >= 15 is 0 Å². The topological polar surface area (TPSA) is 71.1 Å². The van der Waals surface area contributed by atoms with Crippen molar-refractivity contribution in [2.75, 3.05) is 6.61 Å². The fraction of sp³-hybridized carbons (Fsp3) is 0.800. The van der Waals surface area contributed by atoms with Crippen LogP contribution in [-0.2, 0) is 28.5 Å². The molecule has 2 rings (SSSR count). The van der Waals surface area contributed by atoms with Gasteiger partial charge in [-0.1, -0.05) is 22.6 Å². The van der Waals surface area contributed by atoms with Crippen LogP contribution in [0.25, 0.3) is 0 Å². The fourth-order valence-electron chi connectivity index (χ4n) is 1.99. The Balaban J connectivity index is 2.16. The highest BCUT2D eigenvalue weighted by Gasteiger charge is 2.53. The van der Waals surface area contributed by atoms with E-state index in [0.717, 1.165) is 0 Å². The zero-order valence-electron chi connectivity index (χ0n) is 9.42. The number of halogens is 1. The highest BCUT2D eigenvalue weighted by Crippen LogP contribution is 2.35. The molecule has 0 unspecified atom stereocenters. The van der Waals surface area contributed by atoms with Crippen molar-refractivity contribution < 1.29 is 28.5 Å². The van der Waals surface area contributed by atoms with Gasteiger partial charge in [-0.2, -0.15) is 0 Å². The quantitative estimate of drug-likeness (QED) is 0.406. The minimum Gasteiger partial charge on any atom is -0.457 e. The van der Waals surface area contributed by atoms with Crippen LogP contribution in [0.2, 0.25) is 0 Å². The average molecular weight is 356 g/mol. The summed E-state index contributed by atoms with van der Waals surface area (Å²) in [6.45, 7) is 2.99. The molecule has 0 saturated carbocycles. The highest BCUT2D eigenvalue weighted by atomic mass is 127. The molecule has 2 saturated heterocycles. The van der Waals surface area contributed by atoms with Crippen LogP contribution >= 0.6 is 22.6 Å². The van der Waals surface area contributed by atoms with Crippen LogP contribution in [0, 0.1) is 0 Å². The van der Waals surface area contributed by atoms with Crippen molar-refractivity contribution in [1.82, 2.24) is 0 Å². The Hall–Kier alpha value is -0.410. The number of alkyl halides is 1. The number of esters is 2. The summed E-state index contributed by atoms with van der Waals surface area (Å²) < 4.78 is 21.1. The minimum absolute atomic E-state index is 0.195. The molecular weight excluding hydrogens is 343 g/mol. The molecule has 2 heterocycles. The Morgan fingerprint density at radius 1 is 1.18 bits per heavy atom. The summed E-state index contributed by atoms with van der Waals surface area (Å²) in [7, 11) is 0. The van der Waals surface area contributed by atoms with Gasteiger partial charge >= 0.3 is 11.9 Å². The molecule has 0 aromatic carbocycles. The lowest BCUT2D eigenvalue weighted by atomic mass is 10.0. The molecule has 0 N–H and O–H groups in total. The largest absolute Gasteiger partial charge is 0.457 e. The summed E-state index contributed by atoms with van der Waals surface area (Å²) in [6, 6.07) is 0. The Morgan fingerprint density at radius 2 is 1.76 bits per heavy atom. The van der Waals surface area contributed by atoms with E-state index in [9.17, 15) is 9.59 Å². The van der Waals surface area contributed by atoms with Crippen molar-refractivity contribution in [3.63, 3.8) is 0 Å². The molecule has 0 spiro atoms. The summed E-state index contributed by atoms with van der Waals surface area (Å²) in [6.07, 6.45) is -1.89. The summed E-state index contributed by atoms with van der Waals surface area (Å²) in [5.41, 5.74) is 0. The predicted molar refractivity (Wildman–Crippen MR) is 63.5 cm³/mol. The molecule has 17 heavy (non-hydrogen) atoms. The SMILES string of the molecule is CC(=O)O[C@@H]1[C@@H](I)[C@@H]2OC[C@@H](O2)[C@H]1OC(C)=O. The summed E-state index contributed by atoms with van der Waals surface area (Å²) in [5.74, 6) is -0.833. The number of carbonyl (C=O) groups excluding carboxylic acids is 2. The molecule has 0 aliphatic carbocycles. The fourth-order valence-corrected chi connectivity index (χ4v) is 2.92. The van der Waals surface area contributed by atoms with E-state index in [1.54, 1.807) is 0 Å². The summed E-state index contributed by atoms with van der Waals surface area (Å²) >= 11 is 2.08. The van der Waals surface area contributed by atoms with Crippen LogP contribution in [0.4, 0.5) is 0 Å². The van der Waals surface area contributed by atoms with Crippen LogP contribution in [0.3, 0.4) is 0 Å². The van der Waals surface area contributed by atoms with Crippen LogP contribution < -0.4 is 0 Å². The van der Waals surface area contributed by atoms with Gasteiger partial charge in [-0.15, -0.1) is 0 Å². The minimum atomic E-state index is -0.600. The molecule has 2 aliphatic heterocycles.